The van der Waals surface area contributed by atoms with Crippen molar-refractivity contribution in [1.29, 1.82) is 0 Å². The Balaban J connectivity index is 1.28. The van der Waals surface area contributed by atoms with Crippen molar-refractivity contribution in [3.05, 3.63) is 88.3 Å². The fourth-order valence-electron chi connectivity index (χ4n) is 5.09. The molecule has 0 bridgehead atoms. The molecule has 11 nitrogen and oxygen atoms in total. The van der Waals surface area contributed by atoms with Gasteiger partial charge in [-0.05, 0) is 65.7 Å². The molecule has 2 heterocycles. The second-order valence-electron chi connectivity index (χ2n) is 10.9. The van der Waals surface area contributed by atoms with Gasteiger partial charge in [-0.2, -0.15) is 0 Å². The summed E-state index contributed by atoms with van der Waals surface area (Å²) in [5, 5.41) is 11.7. The SMILES string of the molecule is NC(=O)N1CCN(CCOc2ccc(-c3ccc(F)c(F)c3)cc2C=C2SC(=S)N(CCC(=O)Nc3ccc(C(=O)O)cc3)C2=O)CC1. The van der Waals surface area contributed by atoms with Gasteiger partial charge in [-0.25, -0.2) is 18.4 Å². The van der Waals surface area contributed by atoms with Crippen LogP contribution in [0.15, 0.2) is 65.6 Å². The van der Waals surface area contributed by atoms with E-state index >= 15 is 0 Å². The average Bonchev–Trinajstić information content (AvgIpc) is 3.33. The quantitative estimate of drug-likeness (QED) is 0.193. The van der Waals surface area contributed by atoms with Gasteiger partial charge in [-0.3, -0.25) is 19.4 Å². The van der Waals surface area contributed by atoms with E-state index in [1.165, 1.54) is 35.2 Å². The highest BCUT2D eigenvalue weighted by Crippen LogP contribution is 2.36. The van der Waals surface area contributed by atoms with Crippen LogP contribution in [0.5, 0.6) is 5.75 Å². The van der Waals surface area contributed by atoms with Crippen molar-refractivity contribution >= 4 is 63.9 Å². The lowest BCUT2D eigenvalue weighted by Crippen LogP contribution is -2.51. The van der Waals surface area contributed by atoms with Crippen molar-refractivity contribution in [2.24, 2.45) is 5.73 Å². The molecule has 250 valence electrons. The molecule has 0 atom stereocenters. The number of carbonyl (C=O) groups excluding carboxylic acids is 3. The Hall–Kier alpha value is -4.86. The number of carboxylic acid groups (broad SMARTS) is 1. The van der Waals surface area contributed by atoms with Crippen molar-refractivity contribution in [2.45, 2.75) is 6.42 Å². The molecular weight excluding hydrogens is 665 g/mol. The van der Waals surface area contributed by atoms with Gasteiger partial charge < -0.3 is 25.8 Å². The summed E-state index contributed by atoms with van der Waals surface area (Å²) in [4.78, 5) is 53.8. The van der Waals surface area contributed by atoms with E-state index in [4.69, 9.17) is 27.8 Å². The van der Waals surface area contributed by atoms with Crippen LogP contribution in [0.2, 0.25) is 0 Å². The number of rotatable bonds is 11. The zero-order chi connectivity index (χ0) is 34.4. The highest BCUT2D eigenvalue weighted by atomic mass is 32.2. The summed E-state index contributed by atoms with van der Waals surface area (Å²) in [5.41, 5.74) is 7.38. The lowest BCUT2D eigenvalue weighted by Gasteiger charge is -2.33. The molecule has 4 N–H and O–H groups in total. The Morgan fingerprint density at radius 2 is 1.65 bits per heavy atom. The molecule has 15 heteroatoms. The minimum atomic E-state index is -1.08. The first-order chi connectivity index (χ1) is 23.0. The van der Waals surface area contributed by atoms with Gasteiger partial charge in [0.1, 0.15) is 16.7 Å². The average molecular weight is 696 g/mol. The maximum absolute atomic E-state index is 14.1. The van der Waals surface area contributed by atoms with Crippen molar-refractivity contribution < 1.29 is 37.8 Å². The predicted molar refractivity (Wildman–Crippen MR) is 181 cm³/mol. The van der Waals surface area contributed by atoms with E-state index in [0.717, 1.165) is 23.9 Å². The van der Waals surface area contributed by atoms with E-state index in [9.17, 15) is 28.0 Å². The number of halogens is 2. The number of ether oxygens (including phenoxy) is 1. The maximum Gasteiger partial charge on any atom is 0.335 e. The monoisotopic (exact) mass is 695 g/mol. The molecular formula is C33H31F2N5O6S2. The molecule has 0 aromatic heterocycles. The van der Waals surface area contributed by atoms with Crippen LogP contribution in [-0.4, -0.2) is 93.8 Å². The van der Waals surface area contributed by atoms with Crippen LogP contribution in [-0.2, 0) is 9.59 Å². The van der Waals surface area contributed by atoms with Gasteiger partial charge in [0.2, 0.25) is 5.91 Å². The Morgan fingerprint density at radius 1 is 0.958 bits per heavy atom. The zero-order valence-corrected chi connectivity index (χ0v) is 27.1. The molecule has 5 rings (SSSR count). The summed E-state index contributed by atoms with van der Waals surface area (Å²) in [6.07, 6.45) is 1.56. The molecule has 2 aliphatic heterocycles. The number of piperazine rings is 1. The molecule has 3 aromatic rings. The molecule has 0 aliphatic carbocycles. The molecule has 2 fully saturated rings. The molecule has 0 saturated carbocycles. The van der Waals surface area contributed by atoms with Gasteiger partial charge in [-0.15, -0.1) is 0 Å². The Bertz CT molecular complexity index is 1780. The van der Waals surface area contributed by atoms with Crippen LogP contribution < -0.4 is 15.8 Å². The normalized spacial score (nSPS) is 16.0. The second-order valence-corrected chi connectivity index (χ2v) is 12.6. The molecule has 0 unspecified atom stereocenters. The number of urea groups is 1. The van der Waals surface area contributed by atoms with Crippen LogP contribution in [0.25, 0.3) is 17.2 Å². The number of primary amides is 1. The van der Waals surface area contributed by atoms with Gasteiger partial charge in [-0.1, -0.05) is 36.1 Å². The van der Waals surface area contributed by atoms with Crippen LogP contribution in [0, 0.1) is 11.6 Å². The summed E-state index contributed by atoms with van der Waals surface area (Å²) in [6, 6.07) is 13.9. The number of benzene rings is 3. The van der Waals surface area contributed by atoms with Crippen LogP contribution in [0.3, 0.4) is 0 Å². The largest absolute Gasteiger partial charge is 0.492 e. The number of hydrogen-bond donors (Lipinski definition) is 3. The predicted octanol–water partition coefficient (Wildman–Crippen LogP) is 4.64. The molecule has 48 heavy (non-hydrogen) atoms. The topological polar surface area (TPSA) is 146 Å². The van der Waals surface area contributed by atoms with Crippen molar-refractivity contribution in [3.8, 4) is 16.9 Å². The van der Waals surface area contributed by atoms with Gasteiger partial charge in [0.15, 0.2) is 11.6 Å². The van der Waals surface area contributed by atoms with Crippen molar-refractivity contribution in [3.63, 3.8) is 0 Å². The number of anilines is 1. The van der Waals surface area contributed by atoms with E-state index in [2.05, 4.69) is 10.2 Å². The second kappa shape index (κ2) is 15.4. The Morgan fingerprint density at radius 3 is 2.31 bits per heavy atom. The highest BCUT2D eigenvalue weighted by molar-refractivity contribution is 8.26. The summed E-state index contributed by atoms with van der Waals surface area (Å²) < 4.78 is 34.1. The molecule has 3 aromatic carbocycles. The molecule has 0 radical (unpaired) electrons. The van der Waals surface area contributed by atoms with Gasteiger partial charge in [0.05, 0.1) is 10.5 Å². The highest BCUT2D eigenvalue weighted by Gasteiger charge is 2.32. The minimum absolute atomic E-state index is 0.0162. The first-order valence-corrected chi connectivity index (χ1v) is 16.1. The van der Waals surface area contributed by atoms with Gasteiger partial charge in [0, 0.05) is 56.9 Å². The summed E-state index contributed by atoms with van der Waals surface area (Å²) >= 11 is 6.52. The third-order valence-electron chi connectivity index (χ3n) is 7.75. The fraction of sp³-hybridized carbons (Fsp3) is 0.242. The number of nitrogens with one attached hydrogen (secondary N) is 1. The number of aromatic carboxylic acids is 1. The number of nitrogens with two attached hydrogens (primary N) is 1. The third-order valence-corrected chi connectivity index (χ3v) is 9.13. The number of hydrogen-bond acceptors (Lipinski definition) is 8. The molecule has 2 saturated heterocycles. The molecule has 0 spiro atoms. The Labute approximate surface area is 284 Å². The summed E-state index contributed by atoms with van der Waals surface area (Å²) in [7, 11) is 0. The first-order valence-electron chi connectivity index (χ1n) is 14.9. The number of amides is 4. The number of nitrogens with zero attached hydrogens (tertiary/aromatic N) is 3. The number of carboxylic acids is 1. The molecule has 4 amide bonds. The van der Waals surface area contributed by atoms with Crippen molar-refractivity contribution in [2.75, 3.05) is 51.2 Å². The van der Waals surface area contributed by atoms with E-state index < -0.39 is 29.5 Å². The smallest absolute Gasteiger partial charge is 0.335 e. The van der Waals surface area contributed by atoms with E-state index in [1.54, 1.807) is 29.2 Å². The zero-order valence-electron chi connectivity index (χ0n) is 25.5. The molecule has 2 aliphatic rings. The Kier molecular flexibility index (Phi) is 11.0. The number of carbonyl (C=O) groups is 4. The van der Waals surface area contributed by atoms with E-state index in [-0.39, 0.29) is 28.8 Å². The van der Waals surface area contributed by atoms with Gasteiger partial charge in [0.25, 0.3) is 5.91 Å². The number of thioether (sulfide) groups is 1. The fourth-order valence-corrected chi connectivity index (χ4v) is 6.39. The minimum Gasteiger partial charge on any atom is -0.492 e. The van der Waals surface area contributed by atoms with Crippen molar-refractivity contribution in [1.82, 2.24) is 14.7 Å². The van der Waals surface area contributed by atoms with E-state index in [0.29, 0.717) is 72.4 Å². The van der Waals surface area contributed by atoms with Crippen LogP contribution >= 0.6 is 24.0 Å². The van der Waals surface area contributed by atoms with E-state index in [1.807, 2.05) is 0 Å². The maximum atomic E-state index is 14.1. The lowest BCUT2D eigenvalue weighted by atomic mass is 10.0. The number of thiocarbonyl (C=S) groups is 1. The summed E-state index contributed by atoms with van der Waals surface area (Å²) in [5.74, 6) is -3.38. The van der Waals surface area contributed by atoms with Crippen LogP contribution in [0.1, 0.15) is 22.3 Å². The standard InChI is InChI=1S/C33H31F2N5O6S2/c34-25-7-3-22(18-26(25)35)21-4-8-27(46-16-15-38-11-13-39(14-12-38)32(36)45)23(17-21)19-28-30(42)40(33(47)48-28)10-9-29(41)37-24-5-1-20(2-6-24)31(43)44/h1-8,17-19H,9-16H2,(H2,36,45)(H,37,41)(H,43,44). The van der Waals surface area contributed by atoms with Gasteiger partial charge >= 0.3 is 12.0 Å². The lowest BCUT2D eigenvalue weighted by molar-refractivity contribution is -0.122. The first kappa shape index (κ1) is 34.5. The van der Waals surface area contributed by atoms with Crippen LogP contribution in [0.4, 0.5) is 19.3 Å². The summed E-state index contributed by atoms with van der Waals surface area (Å²) in [6.45, 7) is 3.22. The third kappa shape index (κ3) is 8.53.